The Morgan fingerprint density at radius 2 is 2.08 bits per heavy atom. The number of fused-ring (bicyclic) bond motifs is 1. The number of nitrogens with zero attached hydrogens (tertiary/aromatic N) is 1. The number of hydrogen-bond donors (Lipinski definition) is 1. The van der Waals surface area contributed by atoms with Gasteiger partial charge in [0, 0.05) is 5.39 Å². The monoisotopic (exact) mass is 346 g/mol. The Morgan fingerprint density at radius 1 is 1.33 bits per heavy atom. The van der Waals surface area contributed by atoms with E-state index in [9.17, 15) is 4.79 Å². The van der Waals surface area contributed by atoms with Crippen molar-refractivity contribution in [2.24, 2.45) is 5.41 Å². The number of nitrogens with one attached hydrogen (secondary N) is 1. The van der Waals surface area contributed by atoms with E-state index in [4.69, 9.17) is 16.3 Å². The first-order valence-corrected chi connectivity index (χ1v) is 8.75. The Bertz CT molecular complexity index is 764. The van der Waals surface area contributed by atoms with Gasteiger partial charge in [-0.15, -0.1) is 0 Å². The summed E-state index contributed by atoms with van der Waals surface area (Å²) < 4.78 is 5.30. The highest BCUT2D eigenvalue weighted by molar-refractivity contribution is 6.34. The molecule has 0 bridgehead atoms. The third kappa shape index (κ3) is 4.18. The van der Waals surface area contributed by atoms with Crippen molar-refractivity contribution in [2.75, 3.05) is 5.32 Å². The highest BCUT2D eigenvalue weighted by Gasteiger charge is 2.22. The van der Waals surface area contributed by atoms with E-state index >= 15 is 0 Å². The summed E-state index contributed by atoms with van der Waals surface area (Å²) in [5.41, 5.74) is 2.24. The molecule has 2 aromatic rings. The van der Waals surface area contributed by atoms with Crippen LogP contribution >= 0.6 is 11.6 Å². The van der Waals surface area contributed by atoms with Crippen LogP contribution in [0.1, 0.15) is 45.6 Å². The molecule has 0 unspecified atom stereocenters. The molecule has 4 nitrogen and oxygen atoms in total. The van der Waals surface area contributed by atoms with Crippen molar-refractivity contribution in [3.05, 3.63) is 34.9 Å². The number of hydrogen-bond acceptors (Lipinski definition) is 3. The Hall–Kier alpha value is -1.81. The maximum Gasteiger partial charge on any atom is 0.413 e. The van der Waals surface area contributed by atoms with Gasteiger partial charge in [0.15, 0.2) is 5.82 Å². The molecule has 1 N–H and O–H groups in total. The smallest absolute Gasteiger partial charge is 0.413 e. The first-order chi connectivity index (χ1) is 11.3. The van der Waals surface area contributed by atoms with Crippen molar-refractivity contribution in [1.29, 1.82) is 0 Å². The number of rotatable bonds is 3. The van der Waals surface area contributed by atoms with Crippen LogP contribution in [0.5, 0.6) is 0 Å². The highest BCUT2D eigenvalue weighted by atomic mass is 35.5. The fourth-order valence-electron chi connectivity index (χ4n) is 2.76. The van der Waals surface area contributed by atoms with Crippen molar-refractivity contribution in [1.82, 2.24) is 4.98 Å². The number of benzene rings is 1. The number of pyridine rings is 1. The first-order valence-electron chi connectivity index (χ1n) is 8.37. The lowest BCUT2D eigenvalue weighted by molar-refractivity contribution is 0.0623. The number of anilines is 1. The first kappa shape index (κ1) is 17.0. The molecule has 1 aliphatic rings. The maximum atomic E-state index is 11.9. The summed E-state index contributed by atoms with van der Waals surface area (Å²) >= 11 is 6.25. The minimum absolute atomic E-state index is 0.0302. The lowest BCUT2D eigenvalue weighted by Crippen LogP contribution is -2.28. The number of aromatic nitrogens is 1. The lowest BCUT2D eigenvalue weighted by atomic mass is 9.88. The summed E-state index contributed by atoms with van der Waals surface area (Å²) in [6.07, 6.45) is 3.48. The van der Waals surface area contributed by atoms with Crippen molar-refractivity contribution in [2.45, 2.75) is 52.6 Å². The third-order valence-corrected chi connectivity index (χ3v) is 4.40. The number of carbonyl (C=O) groups excluding carboxylic acids is 1. The number of ether oxygens (including phenoxy) is 1. The zero-order valence-corrected chi connectivity index (χ0v) is 15.1. The third-order valence-electron chi connectivity index (χ3n) is 4.12. The summed E-state index contributed by atoms with van der Waals surface area (Å²) in [5.74, 6) is 0.349. The van der Waals surface area contributed by atoms with Crippen LogP contribution in [0, 0.1) is 5.41 Å². The summed E-state index contributed by atoms with van der Waals surface area (Å²) in [7, 11) is 0. The molecule has 5 heteroatoms. The molecule has 128 valence electrons. The van der Waals surface area contributed by atoms with Crippen LogP contribution in [0.3, 0.4) is 0 Å². The predicted molar refractivity (Wildman–Crippen MR) is 97.7 cm³/mol. The van der Waals surface area contributed by atoms with Gasteiger partial charge in [0.25, 0.3) is 0 Å². The minimum Gasteiger partial charge on any atom is -0.446 e. The molecule has 1 aromatic heterocycles. The Balaban J connectivity index is 1.82. The van der Waals surface area contributed by atoms with Crippen LogP contribution in [0.4, 0.5) is 10.6 Å². The van der Waals surface area contributed by atoms with Gasteiger partial charge in [0.05, 0.1) is 10.5 Å². The molecule has 1 aromatic carbocycles. The van der Waals surface area contributed by atoms with Gasteiger partial charge < -0.3 is 4.74 Å². The van der Waals surface area contributed by atoms with E-state index in [1.165, 1.54) is 5.56 Å². The normalized spacial score (nSPS) is 15.2. The molecule has 3 rings (SSSR count). The van der Waals surface area contributed by atoms with Gasteiger partial charge in [-0.2, -0.15) is 0 Å². The fraction of sp³-hybridized carbons (Fsp3) is 0.474. The number of halogens is 1. The van der Waals surface area contributed by atoms with Crippen LogP contribution in [0.15, 0.2) is 24.3 Å². The molecule has 1 saturated carbocycles. The number of carbonyl (C=O) groups is 1. The van der Waals surface area contributed by atoms with Gasteiger partial charge in [-0.05, 0) is 48.8 Å². The van der Waals surface area contributed by atoms with Crippen LogP contribution in [0.2, 0.25) is 5.02 Å². The zero-order valence-electron chi connectivity index (χ0n) is 14.4. The zero-order chi connectivity index (χ0) is 17.3. The van der Waals surface area contributed by atoms with Gasteiger partial charge in [0.1, 0.15) is 6.10 Å². The van der Waals surface area contributed by atoms with Crippen LogP contribution in [0.25, 0.3) is 10.9 Å². The SMILES string of the molecule is CC(C)(C)Cc1ccc2cc(Cl)c(NC(=O)OC3CCC3)nc2c1. The van der Waals surface area contributed by atoms with Gasteiger partial charge in [-0.3, -0.25) is 5.32 Å². The van der Waals surface area contributed by atoms with E-state index in [1.54, 1.807) is 0 Å². The largest absolute Gasteiger partial charge is 0.446 e. The molecule has 24 heavy (non-hydrogen) atoms. The van der Waals surface area contributed by atoms with Crippen molar-refractivity contribution >= 4 is 34.4 Å². The Kier molecular flexibility index (Phi) is 4.68. The van der Waals surface area contributed by atoms with Crippen molar-refractivity contribution in [3.8, 4) is 0 Å². The van der Waals surface area contributed by atoms with E-state index in [0.717, 1.165) is 36.6 Å². The van der Waals surface area contributed by atoms with E-state index in [-0.39, 0.29) is 11.5 Å². The van der Waals surface area contributed by atoms with E-state index < -0.39 is 6.09 Å². The van der Waals surface area contributed by atoms with Crippen molar-refractivity contribution < 1.29 is 9.53 Å². The highest BCUT2D eigenvalue weighted by Crippen LogP contribution is 2.28. The Morgan fingerprint density at radius 3 is 2.71 bits per heavy atom. The van der Waals surface area contributed by atoms with E-state index in [0.29, 0.717) is 10.8 Å². The molecule has 1 fully saturated rings. The van der Waals surface area contributed by atoms with Crippen LogP contribution in [-0.2, 0) is 11.2 Å². The average molecular weight is 347 g/mol. The van der Waals surface area contributed by atoms with Gasteiger partial charge >= 0.3 is 6.09 Å². The van der Waals surface area contributed by atoms with Crippen LogP contribution in [-0.4, -0.2) is 17.2 Å². The molecule has 0 spiro atoms. The Labute approximate surface area is 147 Å². The molecular formula is C19H23ClN2O2. The second kappa shape index (κ2) is 6.60. The summed E-state index contributed by atoms with van der Waals surface area (Å²) in [6.45, 7) is 6.61. The molecular weight excluding hydrogens is 324 g/mol. The van der Waals surface area contributed by atoms with E-state index in [1.807, 2.05) is 12.1 Å². The molecule has 0 aliphatic heterocycles. The second-order valence-corrected chi connectivity index (χ2v) is 8.07. The minimum atomic E-state index is -0.487. The number of amides is 1. The lowest BCUT2D eigenvalue weighted by Gasteiger charge is -2.25. The molecule has 1 heterocycles. The topological polar surface area (TPSA) is 51.2 Å². The molecule has 1 aliphatic carbocycles. The van der Waals surface area contributed by atoms with Gasteiger partial charge in [-0.25, -0.2) is 9.78 Å². The molecule has 1 amide bonds. The quantitative estimate of drug-likeness (QED) is 0.789. The van der Waals surface area contributed by atoms with Gasteiger partial charge in [-0.1, -0.05) is 44.5 Å². The standard InChI is InChI=1S/C19H23ClN2O2/c1-19(2,3)11-12-7-8-13-10-15(20)17(21-16(13)9-12)22-18(23)24-14-5-4-6-14/h7-10,14H,4-6,11H2,1-3H3,(H,21,22,23). The summed E-state index contributed by atoms with van der Waals surface area (Å²) in [4.78, 5) is 16.4. The average Bonchev–Trinajstić information content (AvgIpc) is 2.42. The fourth-order valence-corrected chi connectivity index (χ4v) is 2.97. The molecule has 0 atom stereocenters. The van der Waals surface area contributed by atoms with E-state index in [2.05, 4.69) is 43.2 Å². The van der Waals surface area contributed by atoms with Gasteiger partial charge in [0.2, 0.25) is 0 Å². The summed E-state index contributed by atoms with van der Waals surface area (Å²) in [6, 6.07) is 8.00. The predicted octanol–water partition coefficient (Wildman–Crippen LogP) is 5.58. The van der Waals surface area contributed by atoms with Crippen LogP contribution < -0.4 is 5.32 Å². The maximum absolute atomic E-state index is 11.9. The molecule has 0 saturated heterocycles. The van der Waals surface area contributed by atoms with Crippen molar-refractivity contribution in [3.63, 3.8) is 0 Å². The summed E-state index contributed by atoms with van der Waals surface area (Å²) in [5, 5.41) is 4.03. The molecule has 0 radical (unpaired) electrons. The second-order valence-electron chi connectivity index (χ2n) is 7.67.